The van der Waals surface area contributed by atoms with Gasteiger partial charge in [0.2, 0.25) is 0 Å². The third kappa shape index (κ3) is 3.66. The third-order valence-electron chi connectivity index (χ3n) is 4.94. The predicted molar refractivity (Wildman–Crippen MR) is 96.8 cm³/mol. The minimum absolute atomic E-state index is 0.316. The topological polar surface area (TPSA) is 46.8 Å². The molecule has 1 aliphatic heterocycles. The number of hydrogen-bond donors (Lipinski definition) is 0. The summed E-state index contributed by atoms with van der Waals surface area (Å²) in [5, 5.41) is 4.46. The molecule has 0 aromatic carbocycles. The molecular formula is C19H29N5. The van der Waals surface area contributed by atoms with Crippen molar-refractivity contribution in [2.45, 2.75) is 59.0 Å². The molecular weight excluding hydrogens is 298 g/mol. The van der Waals surface area contributed by atoms with E-state index in [2.05, 4.69) is 53.7 Å². The normalized spacial score (nSPS) is 19.3. The number of rotatable bonds is 5. The molecule has 0 amide bonds. The van der Waals surface area contributed by atoms with Gasteiger partial charge < -0.3 is 4.90 Å². The van der Waals surface area contributed by atoms with Gasteiger partial charge in [0, 0.05) is 37.2 Å². The second-order valence-corrected chi connectivity index (χ2v) is 7.41. The smallest absolute Gasteiger partial charge is 0.110 e. The van der Waals surface area contributed by atoms with Crippen LogP contribution in [-0.4, -0.2) is 43.8 Å². The van der Waals surface area contributed by atoms with E-state index in [4.69, 9.17) is 0 Å². The highest BCUT2D eigenvalue weighted by Crippen LogP contribution is 2.27. The number of hydrogen-bond acceptors (Lipinski definition) is 4. The van der Waals surface area contributed by atoms with E-state index in [0.29, 0.717) is 18.0 Å². The van der Waals surface area contributed by atoms with Crippen molar-refractivity contribution in [1.82, 2.24) is 24.6 Å². The van der Waals surface area contributed by atoms with Gasteiger partial charge in [-0.25, -0.2) is 0 Å². The van der Waals surface area contributed by atoms with Crippen LogP contribution in [0.25, 0.3) is 11.4 Å². The van der Waals surface area contributed by atoms with Crippen LogP contribution < -0.4 is 0 Å². The maximum atomic E-state index is 4.68. The van der Waals surface area contributed by atoms with Gasteiger partial charge in [-0.15, -0.1) is 0 Å². The molecule has 5 heteroatoms. The average Bonchev–Trinajstić information content (AvgIpc) is 3.05. The molecule has 1 fully saturated rings. The van der Waals surface area contributed by atoms with Gasteiger partial charge >= 0.3 is 0 Å². The fraction of sp³-hybridized carbons (Fsp3) is 0.632. The van der Waals surface area contributed by atoms with Crippen LogP contribution in [0.15, 0.2) is 24.7 Å². The monoisotopic (exact) mass is 327 g/mol. The zero-order chi connectivity index (χ0) is 17.1. The summed E-state index contributed by atoms with van der Waals surface area (Å²) < 4.78 is 2.04. The van der Waals surface area contributed by atoms with E-state index in [1.165, 1.54) is 19.4 Å². The molecule has 3 heterocycles. The second-order valence-electron chi connectivity index (χ2n) is 7.41. The Balaban J connectivity index is 1.83. The molecule has 2 aromatic heterocycles. The first-order chi connectivity index (χ1) is 11.6. The van der Waals surface area contributed by atoms with E-state index in [9.17, 15) is 0 Å². The summed E-state index contributed by atoms with van der Waals surface area (Å²) in [6, 6.07) is 2.99. The average molecular weight is 327 g/mol. The van der Waals surface area contributed by atoms with E-state index in [1.807, 2.05) is 17.1 Å². The van der Waals surface area contributed by atoms with E-state index in [1.54, 1.807) is 6.20 Å². The van der Waals surface area contributed by atoms with Gasteiger partial charge in [0.25, 0.3) is 0 Å². The van der Waals surface area contributed by atoms with Crippen LogP contribution in [0.3, 0.4) is 0 Å². The van der Waals surface area contributed by atoms with Gasteiger partial charge in [0.15, 0.2) is 0 Å². The first-order valence-electron chi connectivity index (χ1n) is 9.14. The highest BCUT2D eigenvalue weighted by Gasteiger charge is 2.24. The fourth-order valence-corrected chi connectivity index (χ4v) is 3.65. The molecule has 1 aliphatic rings. The van der Waals surface area contributed by atoms with E-state index >= 15 is 0 Å². The summed E-state index contributed by atoms with van der Waals surface area (Å²) in [6.07, 6.45) is 9.02. The van der Waals surface area contributed by atoms with Crippen molar-refractivity contribution >= 4 is 0 Å². The van der Waals surface area contributed by atoms with Gasteiger partial charge in [-0.3, -0.25) is 14.6 Å². The van der Waals surface area contributed by atoms with Crippen molar-refractivity contribution in [3.63, 3.8) is 0 Å². The zero-order valence-electron chi connectivity index (χ0n) is 15.3. The van der Waals surface area contributed by atoms with Crippen LogP contribution >= 0.6 is 0 Å². The standard InChI is InChI=1S/C19H29N5/c1-14(2)23-11-5-6-16(13-23)12-17-19(21-10-9-20-17)18-7-8-22-24(18)15(3)4/h7-10,14-16H,5-6,11-13H2,1-4H3/t16-/m1/s1. The summed E-state index contributed by atoms with van der Waals surface area (Å²) in [5.41, 5.74) is 3.17. The van der Waals surface area contributed by atoms with Crippen molar-refractivity contribution in [1.29, 1.82) is 0 Å². The van der Waals surface area contributed by atoms with Gasteiger partial charge in [-0.05, 0) is 65.5 Å². The zero-order valence-corrected chi connectivity index (χ0v) is 15.3. The summed E-state index contributed by atoms with van der Waals surface area (Å²) in [7, 11) is 0. The Bertz CT molecular complexity index is 661. The van der Waals surface area contributed by atoms with E-state index in [-0.39, 0.29) is 0 Å². The highest BCUT2D eigenvalue weighted by molar-refractivity contribution is 5.57. The minimum atomic E-state index is 0.316. The lowest BCUT2D eigenvalue weighted by Gasteiger charge is -2.35. The van der Waals surface area contributed by atoms with Gasteiger partial charge in [-0.2, -0.15) is 5.10 Å². The van der Waals surface area contributed by atoms with Gasteiger partial charge in [-0.1, -0.05) is 0 Å². The molecule has 2 aromatic rings. The quantitative estimate of drug-likeness (QED) is 0.842. The minimum Gasteiger partial charge on any atom is -0.301 e. The summed E-state index contributed by atoms with van der Waals surface area (Å²) in [6.45, 7) is 11.3. The highest BCUT2D eigenvalue weighted by atomic mass is 15.3. The Morgan fingerprint density at radius 3 is 2.62 bits per heavy atom. The number of piperidine rings is 1. The molecule has 5 nitrogen and oxygen atoms in total. The largest absolute Gasteiger partial charge is 0.301 e. The number of nitrogens with zero attached hydrogens (tertiary/aromatic N) is 5. The van der Waals surface area contributed by atoms with Crippen molar-refractivity contribution in [2.75, 3.05) is 13.1 Å². The predicted octanol–water partition coefficient (Wildman–Crippen LogP) is 3.58. The lowest BCUT2D eigenvalue weighted by Crippen LogP contribution is -2.40. The lowest BCUT2D eigenvalue weighted by atomic mass is 9.91. The molecule has 0 spiro atoms. The number of aromatic nitrogens is 4. The van der Waals surface area contributed by atoms with Crippen molar-refractivity contribution in [3.8, 4) is 11.4 Å². The number of likely N-dealkylation sites (tertiary alicyclic amines) is 1. The van der Waals surface area contributed by atoms with Gasteiger partial charge in [0.05, 0.1) is 11.4 Å². The van der Waals surface area contributed by atoms with Gasteiger partial charge in [0.1, 0.15) is 5.69 Å². The third-order valence-corrected chi connectivity index (χ3v) is 4.94. The molecule has 0 radical (unpaired) electrons. The maximum absolute atomic E-state index is 4.68. The van der Waals surface area contributed by atoms with Crippen LogP contribution in [-0.2, 0) is 6.42 Å². The molecule has 0 unspecified atom stereocenters. The Morgan fingerprint density at radius 2 is 1.88 bits per heavy atom. The Labute approximate surface area is 145 Å². The van der Waals surface area contributed by atoms with Crippen LogP contribution in [0.1, 0.15) is 52.3 Å². The summed E-state index contributed by atoms with van der Waals surface area (Å²) >= 11 is 0. The van der Waals surface area contributed by atoms with Crippen molar-refractivity contribution in [3.05, 3.63) is 30.4 Å². The first kappa shape index (κ1) is 17.1. The van der Waals surface area contributed by atoms with Crippen LogP contribution in [0.2, 0.25) is 0 Å². The second kappa shape index (κ2) is 7.43. The Hall–Kier alpha value is -1.75. The van der Waals surface area contributed by atoms with E-state index < -0.39 is 0 Å². The summed E-state index contributed by atoms with van der Waals surface area (Å²) in [4.78, 5) is 11.9. The first-order valence-corrected chi connectivity index (χ1v) is 9.14. The van der Waals surface area contributed by atoms with Crippen LogP contribution in [0, 0.1) is 5.92 Å². The Kier molecular flexibility index (Phi) is 5.29. The lowest BCUT2D eigenvalue weighted by molar-refractivity contribution is 0.139. The molecule has 0 bridgehead atoms. The summed E-state index contributed by atoms with van der Waals surface area (Å²) in [5.74, 6) is 0.659. The molecule has 3 rings (SSSR count). The SMILES string of the molecule is CC(C)N1CCC[C@H](Cc2nccnc2-c2ccnn2C(C)C)C1. The van der Waals surface area contributed by atoms with Crippen LogP contribution in [0.4, 0.5) is 0 Å². The molecule has 130 valence electrons. The molecule has 24 heavy (non-hydrogen) atoms. The molecule has 0 saturated carbocycles. The van der Waals surface area contributed by atoms with Crippen molar-refractivity contribution < 1.29 is 0 Å². The molecule has 0 N–H and O–H groups in total. The van der Waals surface area contributed by atoms with Crippen LogP contribution in [0.5, 0.6) is 0 Å². The Morgan fingerprint density at radius 1 is 1.08 bits per heavy atom. The molecule has 1 saturated heterocycles. The maximum Gasteiger partial charge on any atom is 0.110 e. The molecule has 1 atom stereocenters. The molecule has 0 aliphatic carbocycles. The van der Waals surface area contributed by atoms with Crippen molar-refractivity contribution in [2.24, 2.45) is 5.92 Å². The fourth-order valence-electron chi connectivity index (χ4n) is 3.65. The van der Waals surface area contributed by atoms with E-state index in [0.717, 1.165) is 30.0 Å².